The van der Waals surface area contributed by atoms with Gasteiger partial charge in [0, 0.05) is 10.0 Å². The van der Waals surface area contributed by atoms with Crippen molar-refractivity contribution in [2.75, 3.05) is 12.9 Å². The van der Waals surface area contributed by atoms with Crippen molar-refractivity contribution in [3.05, 3.63) is 58.6 Å². The van der Waals surface area contributed by atoms with Gasteiger partial charge in [-0.15, -0.1) is 10.2 Å². The molecule has 2 aromatic carbocycles. The van der Waals surface area contributed by atoms with Crippen molar-refractivity contribution in [2.24, 2.45) is 0 Å². The van der Waals surface area contributed by atoms with Crippen LogP contribution in [0, 0.1) is 0 Å². The number of rotatable bonds is 6. The fraction of sp³-hybridized carbons (Fsp3) is 0.118. The maximum Gasteiger partial charge on any atom is 0.277 e. The number of ketones is 1. The molecule has 0 saturated carbocycles. The third-order valence-electron chi connectivity index (χ3n) is 3.25. The number of hydrogen-bond donors (Lipinski definition) is 0. The molecule has 0 radical (unpaired) electrons. The van der Waals surface area contributed by atoms with Gasteiger partial charge < -0.3 is 9.15 Å². The summed E-state index contributed by atoms with van der Waals surface area (Å²) in [6.07, 6.45) is 0. The van der Waals surface area contributed by atoms with Crippen LogP contribution in [0.1, 0.15) is 10.4 Å². The molecule has 0 N–H and O–H groups in total. The lowest BCUT2D eigenvalue weighted by Crippen LogP contribution is -2.02. The number of Topliss-reactive ketones (excluding diaryl/α,β-unsaturated/α-hetero) is 1. The summed E-state index contributed by atoms with van der Waals surface area (Å²) in [6.45, 7) is 0. The van der Waals surface area contributed by atoms with E-state index in [4.69, 9.17) is 9.15 Å². The van der Waals surface area contributed by atoms with E-state index >= 15 is 0 Å². The molecule has 0 amide bonds. The average molecular weight is 405 g/mol. The molecule has 3 aromatic rings. The normalized spacial score (nSPS) is 10.6. The fourth-order valence-corrected chi connectivity index (χ4v) is 3.11. The van der Waals surface area contributed by atoms with Gasteiger partial charge in [0.05, 0.1) is 18.4 Å². The molecule has 0 spiro atoms. The van der Waals surface area contributed by atoms with Crippen LogP contribution >= 0.6 is 27.7 Å². The zero-order chi connectivity index (χ0) is 16.9. The van der Waals surface area contributed by atoms with Crippen LogP contribution in [-0.2, 0) is 0 Å². The van der Waals surface area contributed by atoms with Gasteiger partial charge in [-0.1, -0.05) is 23.9 Å². The monoisotopic (exact) mass is 404 g/mol. The van der Waals surface area contributed by atoms with Crippen LogP contribution in [0.5, 0.6) is 5.75 Å². The van der Waals surface area contributed by atoms with Crippen LogP contribution in [0.25, 0.3) is 11.5 Å². The number of benzene rings is 2. The van der Waals surface area contributed by atoms with Gasteiger partial charge in [0.1, 0.15) is 5.75 Å². The van der Waals surface area contributed by atoms with Crippen LogP contribution in [0.15, 0.2) is 62.6 Å². The number of carbonyl (C=O) groups excluding carboxylic acids is 1. The quantitative estimate of drug-likeness (QED) is 0.445. The number of halogens is 1. The van der Waals surface area contributed by atoms with Gasteiger partial charge in [-0.25, -0.2) is 0 Å². The minimum Gasteiger partial charge on any atom is -0.497 e. The lowest BCUT2D eigenvalue weighted by Gasteiger charge is -2.01. The lowest BCUT2D eigenvalue weighted by molar-refractivity contribution is 0.102. The molecule has 1 aromatic heterocycles. The van der Waals surface area contributed by atoms with Crippen molar-refractivity contribution in [3.8, 4) is 17.2 Å². The molecule has 0 unspecified atom stereocenters. The second-order valence-electron chi connectivity index (χ2n) is 4.79. The van der Waals surface area contributed by atoms with E-state index < -0.39 is 0 Å². The summed E-state index contributed by atoms with van der Waals surface area (Å²) < 4.78 is 11.6. The van der Waals surface area contributed by atoms with Crippen LogP contribution in [0.2, 0.25) is 0 Å². The van der Waals surface area contributed by atoms with Gasteiger partial charge >= 0.3 is 0 Å². The summed E-state index contributed by atoms with van der Waals surface area (Å²) in [7, 11) is 1.59. The Hall–Kier alpha value is -2.12. The predicted octanol–water partition coefficient (Wildman–Crippen LogP) is 4.48. The van der Waals surface area contributed by atoms with E-state index in [0.29, 0.717) is 22.4 Å². The summed E-state index contributed by atoms with van der Waals surface area (Å²) >= 11 is 4.67. The first-order valence-corrected chi connectivity index (χ1v) is 8.83. The lowest BCUT2D eigenvalue weighted by atomic mass is 10.1. The molecule has 1 heterocycles. The van der Waals surface area contributed by atoms with Crippen molar-refractivity contribution >= 4 is 33.5 Å². The standard InChI is InChI=1S/C17H13BrN2O3S/c1-22-12-8-6-11(7-9-12)15(21)10-24-17-20-19-16(23-17)13-4-2-3-5-14(13)18/h2-9H,10H2,1H3. The number of nitrogens with zero attached hydrogens (tertiary/aromatic N) is 2. The molecule has 0 aliphatic carbocycles. The molecule has 3 rings (SSSR count). The summed E-state index contributed by atoms with van der Waals surface area (Å²) in [5.41, 5.74) is 1.44. The Morgan fingerprint density at radius 2 is 1.92 bits per heavy atom. The zero-order valence-corrected chi connectivity index (χ0v) is 15.1. The van der Waals surface area contributed by atoms with Crippen molar-refractivity contribution in [2.45, 2.75) is 5.22 Å². The highest BCUT2D eigenvalue weighted by Crippen LogP contribution is 2.29. The van der Waals surface area contributed by atoms with Gasteiger partial charge in [0.2, 0.25) is 5.89 Å². The van der Waals surface area contributed by atoms with Crippen LogP contribution < -0.4 is 4.74 Å². The predicted molar refractivity (Wildman–Crippen MR) is 95.5 cm³/mol. The third kappa shape index (κ3) is 3.85. The molecule has 24 heavy (non-hydrogen) atoms. The second-order valence-corrected chi connectivity index (χ2v) is 6.57. The number of aromatic nitrogens is 2. The Labute approximate surface area is 151 Å². The largest absolute Gasteiger partial charge is 0.497 e. The molecule has 0 aliphatic rings. The molecule has 0 saturated heterocycles. The Morgan fingerprint density at radius 1 is 1.17 bits per heavy atom. The first kappa shape index (κ1) is 16.7. The summed E-state index contributed by atoms with van der Waals surface area (Å²) in [5.74, 6) is 1.35. The Kier molecular flexibility index (Phi) is 5.32. The van der Waals surface area contributed by atoms with Crippen molar-refractivity contribution < 1.29 is 13.9 Å². The topological polar surface area (TPSA) is 65.2 Å². The van der Waals surface area contributed by atoms with Gasteiger partial charge in [-0.2, -0.15) is 0 Å². The smallest absolute Gasteiger partial charge is 0.277 e. The molecule has 0 atom stereocenters. The minimum absolute atomic E-state index is 0.0108. The fourth-order valence-electron chi connectivity index (χ4n) is 2.00. The molecule has 122 valence electrons. The number of carbonyl (C=O) groups is 1. The highest BCUT2D eigenvalue weighted by molar-refractivity contribution is 9.10. The maximum atomic E-state index is 12.2. The van der Waals surface area contributed by atoms with E-state index in [1.807, 2.05) is 24.3 Å². The maximum absolute atomic E-state index is 12.2. The van der Waals surface area contributed by atoms with Crippen molar-refractivity contribution in [3.63, 3.8) is 0 Å². The van der Waals surface area contributed by atoms with Crippen molar-refractivity contribution in [1.82, 2.24) is 10.2 Å². The van der Waals surface area contributed by atoms with E-state index in [-0.39, 0.29) is 11.5 Å². The van der Waals surface area contributed by atoms with E-state index in [2.05, 4.69) is 26.1 Å². The molecule has 0 bridgehead atoms. The minimum atomic E-state index is -0.0108. The molecule has 5 nitrogen and oxygen atoms in total. The molecule has 0 aliphatic heterocycles. The van der Waals surface area contributed by atoms with E-state index in [1.165, 1.54) is 11.8 Å². The highest BCUT2D eigenvalue weighted by Gasteiger charge is 2.14. The average Bonchev–Trinajstić information content (AvgIpc) is 3.09. The summed E-state index contributed by atoms with van der Waals surface area (Å²) in [4.78, 5) is 12.2. The Morgan fingerprint density at radius 3 is 2.62 bits per heavy atom. The summed E-state index contributed by atoms with van der Waals surface area (Å²) in [5, 5.41) is 8.37. The van der Waals surface area contributed by atoms with Crippen LogP contribution in [0.3, 0.4) is 0 Å². The van der Waals surface area contributed by atoms with E-state index in [1.54, 1.807) is 31.4 Å². The molecular weight excluding hydrogens is 392 g/mol. The van der Waals surface area contributed by atoms with Gasteiger partial charge in [0.25, 0.3) is 5.22 Å². The number of hydrogen-bond acceptors (Lipinski definition) is 6. The highest BCUT2D eigenvalue weighted by atomic mass is 79.9. The van der Waals surface area contributed by atoms with Gasteiger partial charge in [-0.05, 0) is 52.3 Å². The van der Waals surface area contributed by atoms with Crippen molar-refractivity contribution in [1.29, 1.82) is 0 Å². The van der Waals surface area contributed by atoms with E-state index in [0.717, 1.165) is 10.0 Å². The second kappa shape index (κ2) is 7.63. The molecular formula is C17H13BrN2O3S. The first-order valence-electron chi connectivity index (χ1n) is 7.06. The zero-order valence-electron chi connectivity index (χ0n) is 12.7. The first-order chi connectivity index (χ1) is 11.7. The Balaban J connectivity index is 1.65. The van der Waals surface area contributed by atoms with Crippen LogP contribution in [0.4, 0.5) is 0 Å². The van der Waals surface area contributed by atoms with Gasteiger partial charge in [-0.3, -0.25) is 4.79 Å². The summed E-state index contributed by atoms with van der Waals surface area (Å²) in [6, 6.07) is 14.6. The third-order valence-corrected chi connectivity index (χ3v) is 4.76. The number of thioether (sulfide) groups is 1. The number of ether oxygens (including phenoxy) is 1. The number of methoxy groups -OCH3 is 1. The Bertz CT molecular complexity index is 849. The van der Waals surface area contributed by atoms with E-state index in [9.17, 15) is 4.79 Å². The molecule has 0 fully saturated rings. The SMILES string of the molecule is COc1ccc(C(=O)CSc2nnc(-c3ccccc3Br)o2)cc1. The van der Waals surface area contributed by atoms with Crippen LogP contribution in [-0.4, -0.2) is 28.8 Å². The van der Waals surface area contributed by atoms with Gasteiger partial charge in [0.15, 0.2) is 5.78 Å². The molecule has 7 heteroatoms.